The van der Waals surface area contributed by atoms with Gasteiger partial charge < -0.3 is 30.5 Å². The van der Waals surface area contributed by atoms with E-state index in [1.807, 2.05) is 0 Å². The number of nitrogens with one attached hydrogen (secondary N) is 3. The van der Waals surface area contributed by atoms with E-state index in [1.165, 1.54) is 41.2 Å². The third kappa shape index (κ3) is 15.2. The summed E-state index contributed by atoms with van der Waals surface area (Å²) in [6.07, 6.45) is 4.79. The first kappa shape index (κ1) is 36.3. The highest BCUT2D eigenvalue weighted by molar-refractivity contribution is 5.93. The number of hydrogen-bond acceptors (Lipinski definition) is 8. The summed E-state index contributed by atoms with van der Waals surface area (Å²) in [5.41, 5.74) is -0.358. The lowest BCUT2D eigenvalue weighted by Crippen LogP contribution is -2.34. The molecule has 16 heteroatoms. The predicted molar refractivity (Wildman–Crippen MR) is 152 cm³/mol. The normalized spacial score (nSPS) is 12.0. The van der Waals surface area contributed by atoms with E-state index in [-0.39, 0.29) is 48.8 Å². The van der Waals surface area contributed by atoms with E-state index < -0.39 is 29.4 Å². The van der Waals surface area contributed by atoms with Gasteiger partial charge in [0.15, 0.2) is 0 Å². The number of hydrogen-bond donors (Lipinski definition) is 4. The highest BCUT2D eigenvalue weighted by Gasteiger charge is 2.17. The zero-order chi connectivity index (χ0) is 32.8. The van der Waals surface area contributed by atoms with E-state index in [1.54, 1.807) is 41.5 Å². The van der Waals surface area contributed by atoms with Crippen LogP contribution in [-0.4, -0.2) is 80.1 Å². The van der Waals surface area contributed by atoms with Crippen molar-refractivity contribution in [3.63, 3.8) is 0 Å². The molecule has 14 nitrogen and oxygen atoms in total. The van der Waals surface area contributed by atoms with Gasteiger partial charge in [-0.3, -0.25) is 14.2 Å². The molecule has 0 fully saturated rings. The molecule has 2 rings (SSSR count). The Morgan fingerprint density at radius 2 is 1.21 bits per heavy atom. The molecular weight excluding hydrogens is 572 g/mol. The van der Waals surface area contributed by atoms with Gasteiger partial charge in [-0.2, -0.15) is 10.2 Å². The fraction of sp³-hybridized carbons (Fsp3) is 0.481. The largest absolute Gasteiger partial charge is 0.478 e. The Labute approximate surface area is 248 Å². The maximum Gasteiger partial charge on any atom is 0.407 e. The molecule has 2 heterocycles. The fourth-order valence-corrected chi connectivity index (χ4v) is 2.95. The number of carboxylic acid groups (broad SMARTS) is 1. The molecule has 0 aromatic carbocycles. The third-order valence-corrected chi connectivity index (χ3v) is 4.76. The van der Waals surface area contributed by atoms with Crippen molar-refractivity contribution in [3.8, 4) is 0 Å². The molecule has 43 heavy (non-hydrogen) atoms. The van der Waals surface area contributed by atoms with Gasteiger partial charge in [0.05, 0.1) is 49.3 Å². The molecule has 0 bridgehead atoms. The van der Waals surface area contributed by atoms with Crippen LogP contribution in [0.25, 0.3) is 0 Å². The summed E-state index contributed by atoms with van der Waals surface area (Å²) in [6, 6.07) is 0. The quantitative estimate of drug-likeness (QED) is 0.312. The monoisotopic (exact) mass is 611 g/mol. The van der Waals surface area contributed by atoms with Gasteiger partial charge in [-0.15, -0.1) is 0 Å². The van der Waals surface area contributed by atoms with E-state index in [0.29, 0.717) is 18.2 Å². The number of rotatable bonds is 10. The standard InChI is InChI=1S/C14H21FN4O3.C13H18FN3O4/c1-14(2,3)22-13(21)17-6-10(5-15)8-19-9-11(7-18-19)12(20)16-4;1-13(2,3)21-12(20)15-5-9(4-14)7-17-8-10(6-16-17)11(18)19/h5,7,9H,6,8H2,1-4H3,(H,16,20)(H,17,21);4,6,8H,5,7H2,1-3H3,(H,15,20)(H,18,19)/b10-5+;9-4+. The number of carboxylic acids is 1. The summed E-state index contributed by atoms with van der Waals surface area (Å²) >= 11 is 0. The Hall–Kier alpha value is -4.76. The number of halogens is 2. The number of ether oxygens (including phenoxy) is 2. The highest BCUT2D eigenvalue weighted by atomic mass is 19.1. The second-order valence-electron chi connectivity index (χ2n) is 11.0. The lowest BCUT2D eigenvalue weighted by molar-refractivity contribution is 0.0520. The Morgan fingerprint density at radius 3 is 1.53 bits per heavy atom. The van der Waals surface area contributed by atoms with Crippen molar-refractivity contribution in [2.24, 2.45) is 0 Å². The second kappa shape index (κ2) is 16.6. The number of nitrogens with zero attached hydrogens (tertiary/aromatic N) is 4. The Bertz CT molecular complexity index is 1310. The van der Waals surface area contributed by atoms with E-state index in [9.17, 15) is 28.0 Å². The first-order valence-corrected chi connectivity index (χ1v) is 13.0. The van der Waals surface area contributed by atoms with Crippen LogP contribution in [0.2, 0.25) is 0 Å². The molecule has 2 aromatic rings. The fourth-order valence-electron chi connectivity index (χ4n) is 2.95. The molecule has 2 aromatic heterocycles. The van der Waals surface area contributed by atoms with Crippen LogP contribution in [0.5, 0.6) is 0 Å². The first-order valence-electron chi connectivity index (χ1n) is 13.0. The van der Waals surface area contributed by atoms with Gasteiger partial charge in [0.25, 0.3) is 5.91 Å². The van der Waals surface area contributed by atoms with Gasteiger partial charge in [0.2, 0.25) is 0 Å². The minimum Gasteiger partial charge on any atom is -0.478 e. The lowest BCUT2D eigenvalue weighted by Gasteiger charge is -2.20. The average Bonchev–Trinajstić information content (AvgIpc) is 3.57. The smallest absolute Gasteiger partial charge is 0.407 e. The molecule has 0 unspecified atom stereocenters. The van der Waals surface area contributed by atoms with Crippen LogP contribution in [0.4, 0.5) is 18.4 Å². The van der Waals surface area contributed by atoms with Crippen molar-refractivity contribution in [2.45, 2.75) is 65.8 Å². The average molecular weight is 612 g/mol. The van der Waals surface area contributed by atoms with Crippen LogP contribution in [0.3, 0.4) is 0 Å². The van der Waals surface area contributed by atoms with Gasteiger partial charge >= 0.3 is 18.2 Å². The maximum atomic E-state index is 12.9. The Balaban J connectivity index is 0.000000430. The van der Waals surface area contributed by atoms with E-state index in [4.69, 9.17) is 14.6 Å². The van der Waals surface area contributed by atoms with E-state index >= 15 is 0 Å². The van der Waals surface area contributed by atoms with Crippen LogP contribution in [-0.2, 0) is 22.6 Å². The van der Waals surface area contributed by atoms with Crippen molar-refractivity contribution in [2.75, 3.05) is 20.1 Å². The first-order chi connectivity index (χ1) is 20.0. The van der Waals surface area contributed by atoms with Crippen molar-refractivity contribution < 1.29 is 42.5 Å². The van der Waals surface area contributed by atoms with E-state index in [0.717, 1.165) is 0 Å². The molecular formula is C27H39F2N7O7. The predicted octanol–water partition coefficient (Wildman–Crippen LogP) is 3.58. The van der Waals surface area contributed by atoms with Gasteiger partial charge in [-0.25, -0.2) is 23.2 Å². The number of aromatic carboxylic acids is 1. The SMILES string of the molecule is CC(C)(C)OC(=O)NC/C(=C\F)Cn1cc(C(=O)O)cn1.CNC(=O)c1cnn(C/C(=C/F)CNC(=O)OC(C)(C)C)c1. The summed E-state index contributed by atoms with van der Waals surface area (Å²) in [5, 5.41) is 23.9. The molecule has 0 radical (unpaired) electrons. The molecule has 3 amide bonds. The number of aromatic nitrogens is 4. The Kier molecular flexibility index (Phi) is 14.0. The second-order valence-corrected chi connectivity index (χ2v) is 11.0. The van der Waals surface area contributed by atoms with Crippen LogP contribution < -0.4 is 16.0 Å². The van der Waals surface area contributed by atoms with E-state index in [2.05, 4.69) is 26.1 Å². The minimum absolute atomic E-state index is 0.00769. The molecule has 0 saturated heterocycles. The summed E-state index contributed by atoms with van der Waals surface area (Å²) in [4.78, 5) is 45.1. The molecule has 0 saturated carbocycles. The van der Waals surface area contributed by atoms with Crippen LogP contribution >= 0.6 is 0 Å². The summed E-state index contributed by atoms with van der Waals surface area (Å²) in [7, 11) is 1.51. The minimum atomic E-state index is -1.11. The van der Waals surface area contributed by atoms with Crippen molar-refractivity contribution in [3.05, 3.63) is 59.7 Å². The maximum absolute atomic E-state index is 12.9. The summed E-state index contributed by atoms with van der Waals surface area (Å²) in [6.45, 7) is 10.4. The van der Waals surface area contributed by atoms with Crippen LogP contribution in [0, 0.1) is 0 Å². The summed E-state index contributed by atoms with van der Waals surface area (Å²) < 4.78 is 38.4. The van der Waals surface area contributed by atoms with Crippen LogP contribution in [0.15, 0.2) is 48.6 Å². The zero-order valence-corrected chi connectivity index (χ0v) is 25.2. The topological polar surface area (TPSA) is 179 Å². The molecule has 0 aliphatic carbocycles. The van der Waals surface area contributed by atoms with Gasteiger partial charge in [0, 0.05) is 32.5 Å². The number of carbonyl (C=O) groups is 4. The number of alkyl carbamates (subject to hydrolysis) is 2. The van der Waals surface area contributed by atoms with Crippen molar-refractivity contribution in [1.82, 2.24) is 35.5 Å². The third-order valence-electron chi connectivity index (χ3n) is 4.76. The zero-order valence-electron chi connectivity index (χ0n) is 25.2. The van der Waals surface area contributed by atoms with Gasteiger partial charge in [0.1, 0.15) is 11.2 Å². The van der Waals surface area contributed by atoms with Crippen molar-refractivity contribution >= 4 is 24.1 Å². The van der Waals surface area contributed by atoms with Gasteiger partial charge in [-0.1, -0.05) is 0 Å². The molecule has 4 N–H and O–H groups in total. The molecule has 0 aliphatic heterocycles. The molecule has 238 valence electrons. The number of carbonyl (C=O) groups excluding carboxylic acids is 3. The molecule has 0 atom stereocenters. The van der Waals surface area contributed by atoms with Crippen LogP contribution in [0.1, 0.15) is 62.3 Å². The lowest BCUT2D eigenvalue weighted by atomic mass is 10.2. The van der Waals surface area contributed by atoms with Gasteiger partial charge in [-0.05, 0) is 52.7 Å². The number of amides is 3. The highest BCUT2D eigenvalue weighted by Crippen LogP contribution is 2.09. The molecule has 0 aliphatic rings. The Morgan fingerprint density at radius 1 is 0.814 bits per heavy atom. The summed E-state index contributed by atoms with van der Waals surface area (Å²) in [5.74, 6) is -1.39. The van der Waals surface area contributed by atoms with Crippen molar-refractivity contribution in [1.29, 1.82) is 0 Å². The molecule has 0 spiro atoms.